The number of nitro groups is 1. The van der Waals surface area contributed by atoms with Gasteiger partial charge in [0.25, 0.3) is 0 Å². The number of rotatable bonds is 3. The molecule has 2 N–H and O–H groups in total. The fourth-order valence-electron chi connectivity index (χ4n) is 2.66. The highest BCUT2D eigenvalue weighted by atomic mass is 16.6. The van der Waals surface area contributed by atoms with Crippen LogP contribution >= 0.6 is 0 Å². The molecule has 1 saturated carbocycles. The van der Waals surface area contributed by atoms with E-state index in [1.165, 1.54) is 4.68 Å². The highest BCUT2D eigenvalue weighted by Gasteiger charge is 2.29. The number of aliphatic hydroxyl groups is 1. The Morgan fingerprint density at radius 3 is 2.79 bits per heavy atom. The zero-order valence-electron chi connectivity index (χ0n) is 11.3. The quantitative estimate of drug-likeness (QED) is 0.495. The molecular formula is C12H20N4O3. The Labute approximate surface area is 111 Å². The smallest absolute Gasteiger partial charge is 0.333 e. The van der Waals surface area contributed by atoms with Crippen molar-refractivity contribution in [1.29, 1.82) is 0 Å². The summed E-state index contributed by atoms with van der Waals surface area (Å²) in [5, 5.41) is 28.4. The van der Waals surface area contributed by atoms with Crippen LogP contribution in [0, 0.1) is 17.0 Å². The number of nitrogens with zero attached hydrogens (tertiary/aromatic N) is 3. The Morgan fingerprint density at radius 1 is 1.42 bits per heavy atom. The van der Waals surface area contributed by atoms with E-state index in [0.717, 1.165) is 32.1 Å². The minimum atomic E-state index is -0.461. The van der Waals surface area contributed by atoms with Crippen molar-refractivity contribution in [2.75, 3.05) is 5.32 Å². The second kappa shape index (κ2) is 5.56. The summed E-state index contributed by atoms with van der Waals surface area (Å²) in [6.45, 7) is 1.62. The fourth-order valence-corrected chi connectivity index (χ4v) is 2.66. The first-order chi connectivity index (χ1) is 9.00. The number of aromatic nitrogens is 2. The molecule has 2 atom stereocenters. The van der Waals surface area contributed by atoms with Gasteiger partial charge in [-0.1, -0.05) is 19.3 Å². The predicted octanol–water partition coefficient (Wildman–Crippen LogP) is 1.74. The first-order valence-corrected chi connectivity index (χ1v) is 6.63. The molecule has 106 valence electrons. The molecule has 19 heavy (non-hydrogen) atoms. The maximum Gasteiger partial charge on any atom is 0.333 e. The van der Waals surface area contributed by atoms with Crippen LogP contribution in [0.25, 0.3) is 0 Å². The summed E-state index contributed by atoms with van der Waals surface area (Å²) in [4.78, 5) is 10.7. The van der Waals surface area contributed by atoms with Gasteiger partial charge in [-0.25, -0.2) is 4.68 Å². The minimum Gasteiger partial charge on any atom is -0.391 e. The summed E-state index contributed by atoms with van der Waals surface area (Å²) in [6.07, 6.45) is 4.23. The summed E-state index contributed by atoms with van der Waals surface area (Å²) in [7, 11) is 1.67. The van der Waals surface area contributed by atoms with Gasteiger partial charge in [-0.15, -0.1) is 0 Å². The lowest BCUT2D eigenvalue weighted by Crippen LogP contribution is -2.33. The van der Waals surface area contributed by atoms with E-state index in [1.807, 2.05) is 0 Å². The third-order valence-electron chi connectivity index (χ3n) is 3.67. The number of aliphatic hydroxyl groups excluding tert-OH is 1. The van der Waals surface area contributed by atoms with Crippen LogP contribution in [0.15, 0.2) is 0 Å². The summed E-state index contributed by atoms with van der Waals surface area (Å²) in [5.41, 5.74) is 0.386. The predicted molar refractivity (Wildman–Crippen MR) is 71.1 cm³/mol. The number of hydrogen-bond donors (Lipinski definition) is 2. The Bertz CT molecular complexity index is 472. The van der Waals surface area contributed by atoms with E-state index in [4.69, 9.17) is 0 Å². The lowest BCUT2D eigenvalue weighted by molar-refractivity contribution is -0.384. The third-order valence-corrected chi connectivity index (χ3v) is 3.67. The number of hydrogen-bond acceptors (Lipinski definition) is 5. The van der Waals surface area contributed by atoms with Crippen molar-refractivity contribution in [2.45, 2.75) is 51.2 Å². The van der Waals surface area contributed by atoms with Crippen LogP contribution in [-0.2, 0) is 7.05 Å². The highest BCUT2D eigenvalue weighted by Crippen LogP contribution is 2.30. The number of anilines is 1. The zero-order valence-corrected chi connectivity index (χ0v) is 11.3. The summed E-state index contributed by atoms with van der Waals surface area (Å²) in [6, 6.07) is -0.143. The Hall–Kier alpha value is -1.63. The first kappa shape index (κ1) is 13.8. The molecule has 1 heterocycles. The molecule has 2 rings (SSSR count). The first-order valence-electron chi connectivity index (χ1n) is 6.63. The molecule has 0 radical (unpaired) electrons. The average Bonchev–Trinajstić information content (AvgIpc) is 2.48. The van der Waals surface area contributed by atoms with E-state index in [2.05, 4.69) is 10.4 Å². The number of nitrogens with one attached hydrogen (secondary N) is 1. The van der Waals surface area contributed by atoms with E-state index in [1.54, 1.807) is 14.0 Å². The SMILES string of the molecule is Cc1nn(C)c(NC2CCCCCC2O)c1[N+](=O)[O-]. The Morgan fingerprint density at radius 2 is 2.11 bits per heavy atom. The number of aryl methyl sites for hydroxylation is 2. The van der Waals surface area contributed by atoms with Crippen molar-refractivity contribution in [2.24, 2.45) is 7.05 Å². The molecule has 0 aromatic carbocycles. The fraction of sp³-hybridized carbons (Fsp3) is 0.750. The minimum absolute atomic E-state index is 0.000975. The van der Waals surface area contributed by atoms with Gasteiger partial charge in [-0.3, -0.25) is 10.1 Å². The normalized spacial score (nSPS) is 23.9. The monoisotopic (exact) mass is 268 g/mol. The summed E-state index contributed by atoms with van der Waals surface area (Å²) in [5.74, 6) is 0.383. The van der Waals surface area contributed by atoms with Crippen LogP contribution in [0.4, 0.5) is 11.5 Å². The standard InChI is InChI=1S/C12H20N4O3/c1-8-11(16(18)19)12(15(2)14-8)13-9-6-4-3-5-7-10(9)17/h9-10,13,17H,3-7H2,1-2H3. The lowest BCUT2D eigenvalue weighted by Gasteiger charge is -2.22. The van der Waals surface area contributed by atoms with Gasteiger partial charge in [0.15, 0.2) is 0 Å². The van der Waals surface area contributed by atoms with Gasteiger partial charge in [0.05, 0.1) is 17.1 Å². The van der Waals surface area contributed by atoms with Gasteiger partial charge in [0.1, 0.15) is 5.69 Å². The van der Waals surface area contributed by atoms with Crippen LogP contribution in [0.2, 0.25) is 0 Å². The van der Waals surface area contributed by atoms with Crippen LogP contribution in [0.5, 0.6) is 0 Å². The molecule has 7 nitrogen and oxygen atoms in total. The largest absolute Gasteiger partial charge is 0.391 e. The second-order valence-electron chi connectivity index (χ2n) is 5.12. The van der Waals surface area contributed by atoms with Crippen molar-refractivity contribution in [1.82, 2.24) is 9.78 Å². The maximum absolute atomic E-state index is 11.1. The molecule has 0 saturated heterocycles. The molecule has 1 aromatic rings. The second-order valence-corrected chi connectivity index (χ2v) is 5.12. The molecule has 1 fully saturated rings. The third kappa shape index (κ3) is 2.86. The van der Waals surface area contributed by atoms with Crippen molar-refractivity contribution >= 4 is 11.5 Å². The summed E-state index contributed by atoms with van der Waals surface area (Å²) < 4.78 is 1.48. The van der Waals surface area contributed by atoms with E-state index >= 15 is 0 Å². The van der Waals surface area contributed by atoms with E-state index < -0.39 is 11.0 Å². The van der Waals surface area contributed by atoms with Gasteiger partial charge in [0.2, 0.25) is 5.82 Å². The van der Waals surface area contributed by atoms with Crippen molar-refractivity contribution < 1.29 is 10.0 Å². The van der Waals surface area contributed by atoms with Crippen molar-refractivity contribution in [3.8, 4) is 0 Å². The van der Waals surface area contributed by atoms with Crippen molar-refractivity contribution in [3.05, 3.63) is 15.8 Å². The zero-order chi connectivity index (χ0) is 14.0. The molecule has 0 aliphatic heterocycles. The molecule has 0 bridgehead atoms. The van der Waals surface area contributed by atoms with Gasteiger partial charge >= 0.3 is 5.69 Å². The van der Waals surface area contributed by atoms with Crippen molar-refractivity contribution in [3.63, 3.8) is 0 Å². The highest BCUT2D eigenvalue weighted by molar-refractivity contribution is 5.60. The van der Waals surface area contributed by atoms with Crippen LogP contribution < -0.4 is 5.32 Å². The van der Waals surface area contributed by atoms with Gasteiger partial charge in [0, 0.05) is 7.05 Å². The molecule has 1 aromatic heterocycles. The van der Waals surface area contributed by atoms with E-state index in [9.17, 15) is 15.2 Å². The van der Waals surface area contributed by atoms with Crippen LogP contribution in [0.1, 0.15) is 37.8 Å². The molecule has 0 amide bonds. The Balaban J connectivity index is 2.24. The molecular weight excluding hydrogens is 248 g/mol. The topological polar surface area (TPSA) is 93.2 Å². The van der Waals surface area contributed by atoms with Crippen LogP contribution in [0.3, 0.4) is 0 Å². The molecule has 1 aliphatic carbocycles. The summed E-state index contributed by atoms with van der Waals surface area (Å²) >= 11 is 0. The van der Waals surface area contributed by atoms with Crippen LogP contribution in [-0.4, -0.2) is 32.0 Å². The molecule has 0 spiro atoms. The van der Waals surface area contributed by atoms with Gasteiger partial charge in [-0.2, -0.15) is 5.10 Å². The molecule has 2 unspecified atom stereocenters. The van der Waals surface area contributed by atoms with E-state index in [0.29, 0.717) is 11.5 Å². The van der Waals surface area contributed by atoms with E-state index in [-0.39, 0.29) is 11.7 Å². The average molecular weight is 268 g/mol. The molecule has 1 aliphatic rings. The van der Waals surface area contributed by atoms with Gasteiger partial charge < -0.3 is 10.4 Å². The molecule has 7 heteroatoms. The van der Waals surface area contributed by atoms with Gasteiger partial charge in [-0.05, 0) is 19.8 Å². The Kier molecular flexibility index (Phi) is 4.04. The maximum atomic E-state index is 11.1. The lowest BCUT2D eigenvalue weighted by atomic mass is 10.1.